The maximum absolute atomic E-state index is 11.5. The van der Waals surface area contributed by atoms with Crippen molar-refractivity contribution < 1.29 is 9.21 Å². The normalized spacial score (nSPS) is 10.8. The van der Waals surface area contributed by atoms with Gasteiger partial charge in [0.25, 0.3) is 0 Å². The highest BCUT2D eigenvalue weighted by Gasteiger charge is 2.07. The van der Waals surface area contributed by atoms with Crippen LogP contribution in [-0.4, -0.2) is 23.6 Å². The maximum atomic E-state index is 11.5. The average Bonchev–Trinajstić information content (AvgIpc) is 2.63. The zero-order valence-electron chi connectivity index (χ0n) is 10.3. The van der Waals surface area contributed by atoms with Gasteiger partial charge in [-0.3, -0.25) is 9.36 Å². The molecule has 2 N–H and O–H groups in total. The lowest BCUT2D eigenvalue weighted by atomic mass is 10.3. The van der Waals surface area contributed by atoms with Crippen LogP contribution in [0, 0.1) is 0 Å². The Morgan fingerprint density at radius 1 is 1.44 bits per heavy atom. The van der Waals surface area contributed by atoms with Gasteiger partial charge in [-0.2, -0.15) is 0 Å². The fraction of sp³-hybridized carbons (Fsp3) is 0.333. The predicted octanol–water partition coefficient (Wildman–Crippen LogP) is 0.679. The third-order valence-corrected chi connectivity index (χ3v) is 2.61. The number of amides is 1. The number of benzene rings is 1. The van der Waals surface area contributed by atoms with Crippen LogP contribution in [0.5, 0.6) is 0 Å². The Morgan fingerprint density at radius 2 is 2.22 bits per heavy atom. The van der Waals surface area contributed by atoms with Crippen LogP contribution >= 0.6 is 0 Å². The number of anilines is 1. The van der Waals surface area contributed by atoms with E-state index in [9.17, 15) is 9.59 Å². The van der Waals surface area contributed by atoms with Crippen LogP contribution in [0.15, 0.2) is 27.4 Å². The number of carbonyl (C=O) groups excluding carboxylic acids is 1. The zero-order valence-corrected chi connectivity index (χ0v) is 10.3. The first-order valence-electron chi connectivity index (χ1n) is 5.72. The van der Waals surface area contributed by atoms with Crippen LogP contribution in [0.4, 0.5) is 5.69 Å². The number of nitrogens with zero attached hydrogens (tertiary/aromatic N) is 1. The molecule has 0 fully saturated rings. The molecule has 0 unspecified atom stereocenters. The molecule has 6 heteroatoms. The number of fused-ring (bicyclic) bond motifs is 1. The van der Waals surface area contributed by atoms with E-state index in [1.165, 1.54) is 4.57 Å². The SMILES string of the molecule is CCNCC(=O)Nc1ccc2oc(=O)n(C)c2c1. The molecule has 2 rings (SSSR count). The third kappa shape index (κ3) is 2.43. The molecule has 0 saturated carbocycles. The Balaban J connectivity index is 2.22. The molecular weight excluding hydrogens is 234 g/mol. The van der Waals surface area contributed by atoms with Crippen molar-refractivity contribution in [3.05, 3.63) is 28.7 Å². The summed E-state index contributed by atoms with van der Waals surface area (Å²) in [5, 5.41) is 5.68. The summed E-state index contributed by atoms with van der Waals surface area (Å²) in [6.45, 7) is 2.93. The number of hydrogen-bond acceptors (Lipinski definition) is 4. The van der Waals surface area contributed by atoms with Gasteiger partial charge in [0, 0.05) is 12.7 Å². The van der Waals surface area contributed by atoms with Crippen LogP contribution in [0.25, 0.3) is 11.1 Å². The summed E-state index contributed by atoms with van der Waals surface area (Å²) >= 11 is 0. The Hall–Kier alpha value is -2.08. The lowest BCUT2D eigenvalue weighted by Crippen LogP contribution is -2.27. The second-order valence-electron chi connectivity index (χ2n) is 3.94. The van der Waals surface area contributed by atoms with Crippen molar-refractivity contribution in [2.45, 2.75) is 6.92 Å². The first kappa shape index (κ1) is 12.4. The summed E-state index contributed by atoms with van der Waals surface area (Å²) in [6.07, 6.45) is 0. The van der Waals surface area contributed by atoms with E-state index in [0.29, 0.717) is 16.8 Å². The largest absolute Gasteiger partial charge is 0.419 e. The summed E-state index contributed by atoms with van der Waals surface area (Å²) in [4.78, 5) is 22.8. The molecule has 0 spiro atoms. The molecule has 1 amide bonds. The van der Waals surface area contributed by atoms with Gasteiger partial charge in [-0.05, 0) is 24.7 Å². The van der Waals surface area contributed by atoms with E-state index in [0.717, 1.165) is 6.54 Å². The van der Waals surface area contributed by atoms with Crippen molar-refractivity contribution in [3.63, 3.8) is 0 Å². The number of likely N-dealkylation sites (N-methyl/N-ethyl adjacent to an activating group) is 1. The topological polar surface area (TPSA) is 76.3 Å². The van der Waals surface area contributed by atoms with Gasteiger partial charge < -0.3 is 15.1 Å². The van der Waals surface area contributed by atoms with E-state index in [1.54, 1.807) is 25.2 Å². The van der Waals surface area contributed by atoms with E-state index in [-0.39, 0.29) is 12.5 Å². The van der Waals surface area contributed by atoms with Crippen molar-refractivity contribution in [3.8, 4) is 0 Å². The summed E-state index contributed by atoms with van der Waals surface area (Å²) in [6, 6.07) is 5.08. The van der Waals surface area contributed by atoms with Gasteiger partial charge in [0.05, 0.1) is 12.1 Å². The zero-order chi connectivity index (χ0) is 13.1. The molecule has 0 atom stereocenters. The number of aromatic nitrogens is 1. The smallest absolute Gasteiger partial charge is 0.408 e. The maximum Gasteiger partial charge on any atom is 0.419 e. The number of aryl methyl sites for hydroxylation is 1. The molecule has 0 saturated heterocycles. The third-order valence-electron chi connectivity index (χ3n) is 2.61. The number of nitrogens with one attached hydrogen (secondary N) is 2. The van der Waals surface area contributed by atoms with Crippen LogP contribution < -0.4 is 16.4 Å². The highest BCUT2D eigenvalue weighted by atomic mass is 16.4. The van der Waals surface area contributed by atoms with Gasteiger partial charge in [0.2, 0.25) is 5.91 Å². The van der Waals surface area contributed by atoms with Crippen LogP contribution in [0.3, 0.4) is 0 Å². The minimum atomic E-state index is -0.416. The molecule has 0 aliphatic heterocycles. The molecule has 18 heavy (non-hydrogen) atoms. The van der Waals surface area contributed by atoms with Crippen molar-refractivity contribution in [2.75, 3.05) is 18.4 Å². The molecule has 0 bridgehead atoms. The van der Waals surface area contributed by atoms with Gasteiger partial charge in [-0.15, -0.1) is 0 Å². The summed E-state index contributed by atoms with van der Waals surface area (Å²) in [7, 11) is 1.62. The minimum absolute atomic E-state index is 0.121. The molecule has 1 aromatic heterocycles. The minimum Gasteiger partial charge on any atom is -0.408 e. The molecule has 1 heterocycles. The lowest BCUT2D eigenvalue weighted by molar-refractivity contribution is -0.115. The Labute approximate surface area is 104 Å². The fourth-order valence-corrected chi connectivity index (χ4v) is 1.65. The van der Waals surface area contributed by atoms with Crippen molar-refractivity contribution in [2.24, 2.45) is 7.05 Å². The summed E-state index contributed by atoms with van der Waals surface area (Å²) in [5.74, 6) is -0.536. The first-order chi connectivity index (χ1) is 8.61. The highest BCUT2D eigenvalue weighted by molar-refractivity contribution is 5.94. The van der Waals surface area contributed by atoms with Gasteiger partial charge >= 0.3 is 5.76 Å². The van der Waals surface area contributed by atoms with Gasteiger partial charge in [-0.25, -0.2) is 4.79 Å². The van der Waals surface area contributed by atoms with Crippen LogP contribution in [0.1, 0.15) is 6.92 Å². The molecule has 2 aromatic rings. The van der Waals surface area contributed by atoms with Crippen molar-refractivity contribution >= 4 is 22.7 Å². The summed E-state index contributed by atoms with van der Waals surface area (Å²) in [5.41, 5.74) is 1.80. The molecule has 96 valence electrons. The van der Waals surface area contributed by atoms with Gasteiger partial charge in [0.15, 0.2) is 5.58 Å². The molecule has 0 radical (unpaired) electrons. The van der Waals surface area contributed by atoms with Crippen molar-refractivity contribution in [1.82, 2.24) is 9.88 Å². The van der Waals surface area contributed by atoms with Crippen LogP contribution in [-0.2, 0) is 11.8 Å². The van der Waals surface area contributed by atoms with E-state index < -0.39 is 5.76 Å². The fourth-order valence-electron chi connectivity index (χ4n) is 1.65. The second-order valence-corrected chi connectivity index (χ2v) is 3.94. The van der Waals surface area contributed by atoms with Gasteiger partial charge in [0.1, 0.15) is 0 Å². The highest BCUT2D eigenvalue weighted by Crippen LogP contribution is 2.17. The molecule has 6 nitrogen and oxygen atoms in total. The second kappa shape index (κ2) is 5.05. The van der Waals surface area contributed by atoms with Crippen LogP contribution in [0.2, 0.25) is 0 Å². The number of carbonyl (C=O) groups is 1. The molecule has 0 aliphatic rings. The average molecular weight is 249 g/mol. The quantitative estimate of drug-likeness (QED) is 0.835. The van der Waals surface area contributed by atoms with E-state index >= 15 is 0 Å². The van der Waals surface area contributed by atoms with E-state index in [2.05, 4.69) is 10.6 Å². The first-order valence-corrected chi connectivity index (χ1v) is 5.72. The Morgan fingerprint density at radius 3 is 2.94 bits per heavy atom. The van der Waals surface area contributed by atoms with Crippen molar-refractivity contribution in [1.29, 1.82) is 0 Å². The lowest BCUT2D eigenvalue weighted by Gasteiger charge is -2.05. The molecular formula is C12H15N3O3. The number of hydrogen-bond donors (Lipinski definition) is 2. The van der Waals surface area contributed by atoms with E-state index in [1.807, 2.05) is 6.92 Å². The van der Waals surface area contributed by atoms with Gasteiger partial charge in [-0.1, -0.05) is 6.92 Å². The number of oxazole rings is 1. The van der Waals surface area contributed by atoms with E-state index in [4.69, 9.17) is 4.42 Å². The Bertz CT molecular complexity index is 627. The Kier molecular flexibility index (Phi) is 3.47. The monoisotopic (exact) mass is 249 g/mol. The molecule has 1 aromatic carbocycles. The molecule has 0 aliphatic carbocycles. The standard InChI is InChI=1S/C12H15N3O3/c1-3-13-7-11(16)14-8-4-5-10-9(6-8)15(2)12(17)18-10/h4-6,13H,3,7H2,1-2H3,(H,14,16). The predicted molar refractivity (Wildman–Crippen MR) is 68.6 cm³/mol. The summed E-state index contributed by atoms with van der Waals surface area (Å²) < 4.78 is 6.40. The number of rotatable bonds is 4.